The Bertz CT molecular complexity index is 2810. The first-order chi connectivity index (χ1) is 26.0. The van der Waals surface area contributed by atoms with Gasteiger partial charge in [0.1, 0.15) is 0 Å². The van der Waals surface area contributed by atoms with E-state index in [1.807, 2.05) is 0 Å². The van der Waals surface area contributed by atoms with Crippen LogP contribution in [-0.4, -0.2) is 4.57 Å². The third-order valence-electron chi connectivity index (χ3n) is 11.2. The SMILES string of the molecule is CC1(C)c2ccccc2-c2ccc(N(c3ccccc3)c3cccc(-c4cccc(-c5ccc6c(c5)c5ccccc5n6-c5ccccc5)c4)c3)cc21. The minimum absolute atomic E-state index is 0.0773. The number of hydrogen-bond acceptors (Lipinski definition) is 1. The predicted molar refractivity (Wildman–Crippen MR) is 224 cm³/mol. The Morgan fingerprint density at radius 2 is 0.962 bits per heavy atom. The first-order valence-corrected chi connectivity index (χ1v) is 18.4. The lowest BCUT2D eigenvalue weighted by Crippen LogP contribution is -2.16. The van der Waals surface area contributed by atoms with E-state index in [0.29, 0.717) is 0 Å². The molecular weight excluding hydrogens is 641 g/mol. The van der Waals surface area contributed by atoms with Crippen LogP contribution in [0.5, 0.6) is 0 Å². The highest BCUT2D eigenvalue weighted by Crippen LogP contribution is 2.50. The summed E-state index contributed by atoms with van der Waals surface area (Å²) in [4.78, 5) is 2.39. The normalized spacial score (nSPS) is 12.9. The molecule has 53 heavy (non-hydrogen) atoms. The van der Waals surface area contributed by atoms with Crippen molar-refractivity contribution in [3.63, 3.8) is 0 Å². The topological polar surface area (TPSA) is 8.17 Å². The molecule has 0 aliphatic heterocycles. The first-order valence-electron chi connectivity index (χ1n) is 18.4. The first kappa shape index (κ1) is 31.1. The monoisotopic (exact) mass is 678 g/mol. The van der Waals surface area contributed by atoms with E-state index >= 15 is 0 Å². The molecule has 0 bridgehead atoms. The fourth-order valence-electron chi connectivity index (χ4n) is 8.57. The molecule has 1 aliphatic carbocycles. The maximum Gasteiger partial charge on any atom is 0.0541 e. The van der Waals surface area contributed by atoms with Gasteiger partial charge in [0.05, 0.1) is 11.0 Å². The third-order valence-corrected chi connectivity index (χ3v) is 11.2. The van der Waals surface area contributed by atoms with E-state index < -0.39 is 0 Å². The standard InChI is InChI=1S/C51H38N2/c1-51(2)47-25-11-9-23-43(47)44-29-28-42(34-48(44)51)52(39-18-5-3-6-19-39)41-22-14-17-37(32-41)35-15-13-16-36(31-35)38-27-30-50-46(33-38)45-24-10-12-26-49(45)53(50)40-20-7-4-8-21-40/h3-34H,1-2H3. The quantitative estimate of drug-likeness (QED) is 0.170. The second-order valence-electron chi connectivity index (χ2n) is 14.6. The van der Waals surface area contributed by atoms with Crippen LogP contribution >= 0.6 is 0 Å². The van der Waals surface area contributed by atoms with Crippen LogP contribution in [0.25, 0.3) is 60.9 Å². The molecule has 0 unspecified atom stereocenters. The summed E-state index contributed by atoms with van der Waals surface area (Å²) in [6.45, 7) is 4.70. The molecule has 10 rings (SSSR count). The molecule has 0 radical (unpaired) electrons. The molecule has 0 saturated heterocycles. The lowest BCUT2D eigenvalue weighted by atomic mass is 9.82. The molecule has 1 heterocycles. The van der Waals surface area contributed by atoms with Crippen LogP contribution in [0, 0.1) is 0 Å². The van der Waals surface area contributed by atoms with Crippen LogP contribution in [-0.2, 0) is 5.41 Å². The molecule has 2 nitrogen and oxygen atoms in total. The predicted octanol–water partition coefficient (Wildman–Crippen LogP) is 13.9. The molecule has 8 aromatic carbocycles. The summed E-state index contributed by atoms with van der Waals surface area (Å²) in [7, 11) is 0. The van der Waals surface area contributed by atoms with Crippen molar-refractivity contribution >= 4 is 38.9 Å². The van der Waals surface area contributed by atoms with Crippen LogP contribution in [0.4, 0.5) is 17.1 Å². The van der Waals surface area contributed by atoms with Crippen LogP contribution in [0.15, 0.2) is 194 Å². The highest BCUT2D eigenvalue weighted by atomic mass is 15.1. The maximum absolute atomic E-state index is 2.40. The molecule has 9 aromatic rings. The molecule has 0 fully saturated rings. The average Bonchev–Trinajstić information content (AvgIpc) is 3.67. The van der Waals surface area contributed by atoms with Crippen molar-refractivity contribution in [2.24, 2.45) is 0 Å². The molecule has 0 saturated carbocycles. The maximum atomic E-state index is 2.40. The second kappa shape index (κ2) is 12.3. The van der Waals surface area contributed by atoms with Gasteiger partial charge in [-0.05, 0) is 117 Å². The van der Waals surface area contributed by atoms with Gasteiger partial charge in [0.25, 0.3) is 0 Å². The van der Waals surface area contributed by atoms with Gasteiger partial charge in [-0.15, -0.1) is 0 Å². The minimum atomic E-state index is -0.0773. The number of rotatable bonds is 6. The van der Waals surface area contributed by atoms with Crippen molar-refractivity contribution in [2.45, 2.75) is 19.3 Å². The molecule has 2 heteroatoms. The van der Waals surface area contributed by atoms with E-state index in [1.54, 1.807) is 0 Å². The molecule has 0 N–H and O–H groups in total. The smallest absolute Gasteiger partial charge is 0.0541 e. The molecule has 0 amide bonds. The number of hydrogen-bond donors (Lipinski definition) is 0. The van der Waals surface area contributed by atoms with Gasteiger partial charge in [-0.3, -0.25) is 0 Å². The summed E-state index contributed by atoms with van der Waals surface area (Å²) in [5, 5.41) is 2.52. The minimum Gasteiger partial charge on any atom is -0.310 e. The highest BCUT2D eigenvalue weighted by Gasteiger charge is 2.35. The zero-order valence-electron chi connectivity index (χ0n) is 29.9. The van der Waals surface area contributed by atoms with Gasteiger partial charge in [-0.1, -0.05) is 135 Å². The van der Waals surface area contributed by atoms with E-state index in [9.17, 15) is 0 Å². The van der Waals surface area contributed by atoms with E-state index in [0.717, 1.165) is 17.1 Å². The lowest BCUT2D eigenvalue weighted by Gasteiger charge is -2.28. The Kier molecular flexibility index (Phi) is 7.19. The number of aromatic nitrogens is 1. The fourth-order valence-corrected chi connectivity index (χ4v) is 8.57. The van der Waals surface area contributed by atoms with Crippen molar-refractivity contribution in [3.8, 4) is 39.1 Å². The molecule has 252 valence electrons. The summed E-state index contributed by atoms with van der Waals surface area (Å²) in [6.07, 6.45) is 0. The van der Waals surface area contributed by atoms with Crippen LogP contribution in [0.2, 0.25) is 0 Å². The molecule has 1 aromatic heterocycles. The van der Waals surface area contributed by atoms with E-state index in [2.05, 4.69) is 217 Å². The van der Waals surface area contributed by atoms with Crippen molar-refractivity contribution < 1.29 is 0 Å². The van der Waals surface area contributed by atoms with E-state index in [-0.39, 0.29) is 5.41 Å². The number of fused-ring (bicyclic) bond motifs is 6. The van der Waals surface area contributed by atoms with Gasteiger partial charge in [0.2, 0.25) is 0 Å². The number of anilines is 3. The van der Waals surface area contributed by atoms with Crippen LogP contribution in [0.3, 0.4) is 0 Å². The Balaban J connectivity index is 1.05. The van der Waals surface area contributed by atoms with Gasteiger partial charge in [0, 0.05) is 38.9 Å². The van der Waals surface area contributed by atoms with Crippen LogP contribution < -0.4 is 4.90 Å². The van der Waals surface area contributed by atoms with E-state index in [1.165, 1.54) is 72.0 Å². The van der Waals surface area contributed by atoms with Crippen molar-refractivity contribution in [2.75, 3.05) is 4.90 Å². The summed E-state index contributed by atoms with van der Waals surface area (Å²) < 4.78 is 2.37. The fraction of sp³-hybridized carbons (Fsp3) is 0.0588. The van der Waals surface area contributed by atoms with Gasteiger partial charge >= 0.3 is 0 Å². The van der Waals surface area contributed by atoms with Crippen molar-refractivity contribution in [1.29, 1.82) is 0 Å². The summed E-state index contributed by atoms with van der Waals surface area (Å²) in [5.74, 6) is 0. The van der Waals surface area contributed by atoms with Crippen LogP contribution in [0.1, 0.15) is 25.0 Å². The molecule has 0 atom stereocenters. The Morgan fingerprint density at radius 1 is 0.377 bits per heavy atom. The summed E-state index contributed by atoms with van der Waals surface area (Å²) in [6, 6.07) is 70.8. The Labute approximate surface area is 310 Å². The zero-order chi connectivity index (χ0) is 35.5. The van der Waals surface area contributed by atoms with Crippen molar-refractivity contribution in [1.82, 2.24) is 4.57 Å². The van der Waals surface area contributed by atoms with E-state index in [4.69, 9.17) is 0 Å². The number of nitrogens with zero attached hydrogens (tertiary/aromatic N) is 2. The Hall–Kier alpha value is -6.64. The largest absolute Gasteiger partial charge is 0.310 e. The number of para-hydroxylation sites is 3. The zero-order valence-corrected chi connectivity index (χ0v) is 29.9. The summed E-state index contributed by atoms with van der Waals surface area (Å²) >= 11 is 0. The average molecular weight is 679 g/mol. The molecular formula is C51H38N2. The second-order valence-corrected chi connectivity index (χ2v) is 14.6. The van der Waals surface area contributed by atoms with Gasteiger partial charge in [-0.25, -0.2) is 0 Å². The summed E-state index contributed by atoms with van der Waals surface area (Å²) in [5.41, 5.74) is 17.2. The number of benzene rings is 8. The third kappa shape index (κ3) is 5.10. The van der Waals surface area contributed by atoms with Gasteiger partial charge in [0.15, 0.2) is 0 Å². The van der Waals surface area contributed by atoms with Gasteiger partial charge in [-0.2, -0.15) is 0 Å². The van der Waals surface area contributed by atoms with Crippen molar-refractivity contribution in [3.05, 3.63) is 205 Å². The van der Waals surface area contributed by atoms with Gasteiger partial charge < -0.3 is 9.47 Å². The highest BCUT2D eigenvalue weighted by molar-refractivity contribution is 6.10. The molecule has 0 spiro atoms. The molecule has 1 aliphatic rings. The Morgan fingerprint density at radius 3 is 1.77 bits per heavy atom. The lowest BCUT2D eigenvalue weighted by molar-refractivity contribution is 0.660.